The summed E-state index contributed by atoms with van der Waals surface area (Å²) in [5.74, 6) is 0.373. The highest BCUT2D eigenvalue weighted by Crippen LogP contribution is 2.39. The van der Waals surface area contributed by atoms with E-state index >= 15 is 0 Å². The van der Waals surface area contributed by atoms with E-state index in [-0.39, 0.29) is 17.1 Å². The third-order valence-corrected chi connectivity index (χ3v) is 10.1. The summed E-state index contributed by atoms with van der Waals surface area (Å²) in [6.45, 7) is 7.54. The Morgan fingerprint density at radius 1 is 0.776 bits per heavy atom. The van der Waals surface area contributed by atoms with Crippen LogP contribution < -0.4 is 4.72 Å². The third kappa shape index (κ3) is 8.60. The molecular weight excluding hydrogens is 635 g/mol. The molecule has 5 rings (SSSR count). The second-order valence-electron chi connectivity index (χ2n) is 12.2. The first-order valence-corrected chi connectivity index (χ1v) is 17.9. The van der Waals surface area contributed by atoms with E-state index in [1.165, 1.54) is 12.1 Å². The van der Waals surface area contributed by atoms with Crippen molar-refractivity contribution in [2.45, 2.75) is 63.3 Å². The molecule has 4 aromatic carbocycles. The number of ketones is 1. The summed E-state index contributed by atoms with van der Waals surface area (Å²) in [6.07, 6.45) is 1.41. The van der Waals surface area contributed by atoms with E-state index in [2.05, 4.69) is 55.3 Å². The zero-order chi connectivity index (χ0) is 35.6. The van der Waals surface area contributed by atoms with Crippen LogP contribution in [0.3, 0.4) is 0 Å². The minimum Gasteiger partial charge on any atom is -0.360 e. The minimum atomic E-state index is -3.87. The average molecular weight is 680 g/mol. The zero-order valence-corrected chi connectivity index (χ0v) is 29.8. The predicted molar refractivity (Wildman–Crippen MR) is 194 cm³/mol. The van der Waals surface area contributed by atoms with Gasteiger partial charge in [-0.3, -0.25) is 9.59 Å². The average Bonchev–Trinajstić information content (AvgIpc) is 3.52. The topological polar surface area (TPSA) is 110 Å². The monoisotopic (exact) mass is 679 g/mol. The van der Waals surface area contributed by atoms with Gasteiger partial charge in [0.15, 0.2) is 0 Å². The van der Waals surface area contributed by atoms with E-state index in [4.69, 9.17) is 4.52 Å². The lowest BCUT2D eigenvalue weighted by atomic mass is 9.67. The van der Waals surface area contributed by atoms with Gasteiger partial charge in [-0.05, 0) is 63.2 Å². The maximum absolute atomic E-state index is 13.2. The van der Waals surface area contributed by atoms with Crippen LogP contribution in [0.5, 0.6) is 0 Å². The number of aryl methyl sites for hydroxylation is 1. The molecule has 49 heavy (non-hydrogen) atoms. The van der Waals surface area contributed by atoms with Crippen LogP contribution in [0.1, 0.15) is 56.9 Å². The van der Waals surface area contributed by atoms with E-state index in [0.717, 1.165) is 34.2 Å². The number of sulfonamides is 1. The summed E-state index contributed by atoms with van der Waals surface area (Å²) in [5.41, 5.74) is 4.78. The van der Waals surface area contributed by atoms with Crippen molar-refractivity contribution in [1.82, 2.24) is 14.8 Å². The van der Waals surface area contributed by atoms with Crippen molar-refractivity contribution in [1.29, 1.82) is 0 Å². The van der Waals surface area contributed by atoms with Gasteiger partial charge in [-0.25, -0.2) is 13.1 Å². The van der Waals surface area contributed by atoms with E-state index in [9.17, 15) is 18.0 Å². The first-order chi connectivity index (χ1) is 23.4. The van der Waals surface area contributed by atoms with Crippen molar-refractivity contribution in [3.63, 3.8) is 0 Å². The number of nitrogens with zero attached hydrogens (tertiary/aromatic N) is 2. The standard InChI is InChI=1S/C21H27NO.C19H18N2O4S/c1-5-20(23)21(16-17(2)22(3)4,18-12-8-6-9-13-18)19-14-10-7-11-15-19;1-3-17(22)21-26(23,24)16-11-9-14(10-12-16)18-13(2)25-20-19(18)15-7-5-4-6-8-15/h6-15,17H,5,16H2,1-4H3;4-12H,3H2,1-2H3,(H,21,22). The van der Waals surface area contributed by atoms with Gasteiger partial charge in [0.1, 0.15) is 17.2 Å². The number of amides is 1. The zero-order valence-electron chi connectivity index (χ0n) is 29.0. The second kappa shape index (κ2) is 16.5. The molecule has 0 aliphatic rings. The van der Waals surface area contributed by atoms with E-state index in [1.807, 2.05) is 78.4 Å². The van der Waals surface area contributed by atoms with Crippen molar-refractivity contribution in [3.8, 4) is 22.4 Å². The lowest BCUT2D eigenvalue weighted by Gasteiger charge is -2.37. The lowest BCUT2D eigenvalue weighted by Crippen LogP contribution is -2.42. The fraction of sp³-hybridized carbons (Fsp3) is 0.275. The first-order valence-electron chi connectivity index (χ1n) is 16.4. The molecule has 1 aromatic heterocycles. The van der Waals surface area contributed by atoms with E-state index in [0.29, 0.717) is 23.9 Å². The lowest BCUT2D eigenvalue weighted by molar-refractivity contribution is -0.123. The first kappa shape index (κ1) is 37.0. The minimum absolute atomic E-state index is 0.0263. The van der Waals surface area contributed by atoms with Gasteiger partial charge in [-0.1, -0.05) is 122 Å². The number of hydrogen-bond donors (Lipinski definition) is 1. The number of rotatable bonds is 12. The Bertz CT molecular complexity index is 1880. The molecule has 1 heterocycles. The van der Waals surface area contributed by atoms with Crippen LogP contribution >= 0.6 is 0 Å². The molecule has 0 radical (unpaired) electrons. The molecule has 8 nitrogen and oxygen atoms in total. The number of Topliss-reactive ketones (excluding diaryl/α,β-unsaturated/α-hetero) is 1. The van der Waals surface area contributed by atoms with Gasteiger partial charge in [0, 0.05) is 24.4 Å². The van der Waals surface area contributed by atoms with Crippen LogP contribution in [0.4, 0.5) is 0 Å². The van der Waals surface area contributed by atoms with Gasteiger partial charge in [-0.15, -0.1) is 0 Å². The molecular formula is C40H45N3O5S. The maximum Gasteiger partial charge on any atom is 0.264 e. The number of aromatic nitrogens is 1. The predicted octanol–water partition coefficient (Wildman–Crippen LogP) is 7.82. The Hall–Kier alpha value is -4.86. The van der Waals surface area contributed by atoms with E-state index < -0.39 is 21.3 Å². The van der Waals surface area contributed by atoms with Crippen molar-refractivity contribution >= 4 is 21.7 Å². The Labute approximate surface area is 290 Å². The SMILES string of the molecule is CCC(=O)C(CC(C)N(C)C)(c1ccccc1)c1ccccc1.CCC(=O)NS(=O)(=O)c1ccc(-c2c(-c3ccccc3)noc2C)cc1. The molecule has 0 saturated heterocycles. The molecule has 0 spiro atoms. The van der Waals surface area contributed by atoms with Gasteiger partial charge in [-0.2, -0.15) is 0 Å². The molecule has 0 saturated carbocycles. The molecule has 9 heteroatoms. The van der Waals surface area contributed by atoms with Crippen LogP contribution in [-0.2, 0) is 25.0 Å². The Balaban J connectivity index is 0.000000223. The highest BCUT2D eigenvalue weighted by atomic mass is 32.2. The summed E-state index contributed by atoms with van der Waals surface area (Å²) in [6, 6.07) is 36.6. The molecule has 0 aliphatic carbocycles. The number of carbonyl (C=O) groups is 2. The van der Waals surface area contributed by atoms with Crippen molar-refractivity contribution in [2.24, 2.45) is 0 Å². The maximum atomic E-state index is 13.2. The molecule has 256 valence electrons. The van der Waals surface area contributed by atoms with Crippen LogP contribution in [0, 0.1) is 6.92 Å². The van der Waals surface area contributed by atoms with Gasteiger partial charge in [0.05, 0.1) is 15.9 Å². The molecule has 1 N–H and O–H groups in total. The molecule has 5 aromatic rings. The summed E-state index contributed by atoms with van der Waals surface area (Å²) < 4.78 is 31.8. The van der Waals surface area contributed by atoms with Gasteiger partial charge < -0.3 is 9.42 Å². The highest BCUT2D eigenvalue weighted by molar-refractivity contribution is 7.90. The number of hydrogen-bond acceptors (Lipinski definition) is 7. The van der Waals surface area contributed by atoms with Gasteiger partial charge in [0.2, 0.25) is 5.91 Å². The van der Waals surface area contributed by atoms with E-state index in [1.54, 1.807) is 26.0 Å². The van der Waals surface area contributed by atoms with Crippen molar-refractivity contribution in [3.05, 3.63) is 132 Å². The second-order valence-corrected chi connectivity index (χ2v) is 13.8. The summed E-state index contributed by atoms with van der Waals surface area (Å²) >= 11 is 0. The van der Waals surface area contributed by atoms with Gasteiger partial charge in [0.25, 0.3) is 10.0 Å². The van der Waals surface area contributed by atoms with Crippen LogP contribution in [-0.4, -0.2) is 50.3 Å². The highest BCUT2D eigenvalue weighted by Gasteiger charge is 2.41. The van der Waals surface area contributed by atoms with Crippen molar-refractivity contribution < 1.29 is 22.5 Å². The Kier molecular flexibility index (Phi) is 12.4. The molecule has 0 fully saturated rings. The van der Waals surface area contributed by atoms with Crippen LogP contribution in [0.2, 0.25) is 0 Å². The molecule has 0 bridgehead atoms. The summed E-state index contributed by atoms with van der Waals surface area (Å²) in [5, 5.41) is 4.13. The van der Waals surface area contributed by atoms with Crippen molar-refractivity contribution in [2.75, 3.05) is 14.1 Å². The Morgan fingerprint density at radius 3 is 1.76 bits per heavy atom. The molecule has 1 amide bonds. The van der Waals surface area contributed by atoms with Crippen LogP contribution in [0.15, 0.2) is 125 Å². The normalized spacial score (nSPS) is 12.1. The molecule has 1 unspecified atom stereocenters. The largest absolute Gasteiger partial charge is 0.360 e. The summed E-state index contributed by atoms with van der Waals surface area (Å²) in [7, 11) is 0.274. The van der Waals surface area contributed by atoms with Gasteiger partial charge >= 0.3 is 0 Å². The number of nitrogens with one attached hydrogen (secondary N) is 1. The third-order valence-electron chi connectivity index (χ3n) is 8.75. The molecule has 1 atom stereocenters. The molecule has 0 aliphatic heterocycles. The Morgan fingerprint density at radius 2 is 1.29 bits per heavy atom. The smallest absolute Gasteiger partial charge is 0.264 e. The number of carbonyl (C=O) groups excluding carboxylic acids is 2. The van der Waals surface area contributed by atoms with Crippen LogP contribution in [0.25, 0.3) is 22.4 Å². The fourth-order valence-electron chi connectivity index (χ4n) is 5.80. The number of benzene rings is 4. The quantitative estimate of drug-likeness (QED) is 0.143. The fourth-order valence-corrected chi connectivity index (χ4v) is 6.85. The summed E-state index contributed by atoms with van der Waals surface area (Å²) in [4.78, 5) is 26.8.